The van der Waals surface area contributed by atoms with Crippen molar-refractivity contribution < 1.29 is 9.47 Å². The number of benzene rings is 3. The van der Waals surface area contributed by atoms with Crippen LogP contribution in [0.4, 0.5) is 0 Å². The fourth-order valence-electron chi connectivity index (χ4n) is 4.49. The molecule has 168 valence electrons. The molecule has 2 atom stereocenters. The van der Waals surface area contributed by atoms with E-state index in [2.05, 4.69) is 60.5 Å². The van der Waals surface area contributed by atoms with Crippen molar-refractivity contribution >= 4 is 11.6 Å². The first kappa shape index (κ1) is 22.8. The van der Waals surface area contributed by atoms with Gasteiger partial charge in [-0.05, 0) is 80.1 Å². The van der Waals surface area contributed by atoms with E-state index in [1.54, 1.807) is 0 Å². The summed E-state index contributed by atoms with van der Waals surface area (Å²) in [6, 6.07) is 25.5. The lowest BCUT2D eigenvalue weighted by atomic mass is 9.92. The largest absolute Gasteiger partial charge is 0.494 e. The van der Waals surface area contributed by atoms with Crippen LogP contribution in [0.1, 0.15) is 54.5 Å². The molecule has 4 heteroatoms. The van der Waals surface area contributed by atoms with Crippen LogP contribution < -0.4 is 4.74 Å². The summed E-state index contributed by atoms with van der Waals surface area (Å²) < 4.78 is 11.9. The number of ether oxygens (including phenoxy) is 2. The second-order valence-electron chi connectivity index (χ2n) is 8.47. The Bertz CT molecular complexity index is 990. The molecule has 3 nitrogen and oxygen atoms in total. The Morgan fingerprint density at radius 3 is 2.47 bits per heavy atom. The highest BCUT2D eigenvalue weighted by atomic mass is 35.5. The number of hydrogen-bond acceptors (Lipinski definition) is 3. The van der Waals surface area contributed by atoms with Gasteiger partial charge in [-0.2, -0.15) is 0 Å². The van der Waals surface area contributed by atoms with E-state index in [1.807, 2.05) is 31.2 Å². The van der Waals surface area contributed by atoms with Crippen LogP contribution in [-0.2, 0) is 17.8 Å². The van der Waals surface area contributed by atoms with Gasteiger partial charge in [0.05, 0.1) is 13.2 Å². The summed E-state index contributed by atoms with van der Waals surface area (Å²) in [5.74, 6) is 0.904. The van der Waals surface area contributed by atoms with Crippen molar-refractivity contribution in [3.63, 3.8) is 0 Å². The van der Waals surface area contributed by atoms with Crippen LogP contribution in [0.3, 0.4) is 0 Å². The molecule has 0 radical (unpaired) electrons. The van der Waals surface area contributed by atoms with Crippen molar-refractivity contribution in [3.05, 3.63) is 100 Å². The van der Waals surface area contributed by atoms with Gasteiger partial charge < -0.3 is 9.47 Å². The van der Waals surface area contributed by atoms with Gasteiger partial charge in [-0.3, -0.25) is 4.90 Å². The summed E-state index contributed by atoms with van der Waals surface area (Å²) in [5, 5.41) is 0.818. The Hall–Kier alpha value is -2.33. The van der Waals surface area contributed by atoms with Gasteiger partial charge in [0.15, 0.2) is 0 Å². The monoisotopic (exact) mass is 449 g/mol. The number of likely N-dealkylation sites (tertiary alicyclic amines) is 1. The number of hydrogen-bond donors (Lipinski definition) is 0. The zero-order valence-electron chi connectivity index (χ0n) is 19.0. The fraction of sp³-hybridized carbons (Fsp3) is 0.357. The summed E-state index contributed by atoms with van der Waals surface area (Å²) in [6.07, 6.45) is 4.28. The van der Waals surface area contributed by atoms with Gasteiger partial charge in [-0.15, -0.1) is 0 Å². The summed E-state index contributed by atoms with van der Waals surface area (Å²) in [5.41, 5.74) is 4.92. The number of piperidine rings is 1. The highest BCUT2D eigenvalue weighted by Gasteiger charge is 2.29. The van der Waals surface area contributed by atoms with E-state index in [0.717, 1.165) is 42.0 Å². The van der Waals surface area contributed by atoms with E-state index in [9.17, 15) is 0 Å². The molecule has 2 unspecified atom stereocenters. The van der Waals surface area contributed by atoms with Gasteiger partial charge in [0.2, 0.25) is 0 Å². The molecule has 0 spiro atoms. The maximum absolute atomic E-state index is 6.59. The highest BCUT2D eigenvalue weighted by Crippen LogP contribution is 2.35. The maximum atomic E-state index is 6.59. The molecule has 0 N–H and O–H groups in total. The first-order valence-corrected chi connectivity index (χ1v) is 11.9. The van der Waals surface area contributed by atoms with Gasteiger partial charge >= 0.3 is 0 Å². The molecule has 1 heterocycles. The lowest BCUT2D eigenvalue weighted by Gasteiger charge is -2.39. The molecule has 1 fully saturated rings. The van der Waals surface area contributed by atoms with Crippen molar-refractivity contribution in [3.8, 4) is 5.75 Å². The molecule has 1 saturated heterocycles. The number of nitrogens with zero attached hydrogens (tertiary/aromatic N) is 1. The van der Waals surface area contributed by atoms with Crippen LogP contribution in [0.15, 0.2) is 72.8 Å². The van der Waals surface area contributed by atoms with Crippen molar-refractivity contribution in [2.45, 2.75) is 51.5 Å². The highest BCUT2D eigenvalue weighted by molar-refractivity contribution is 6.31. The Kier molecular flexibility index (Phi) is 7.85. The Labute approximate surface area is 196 Å². The van der Waals surface area contributed by atoms with E-state index in [4.69, 9.17) is 21.1 Å². The van der Waals surface area contributed by atoms with Gasteiger partial charge in [0.25, 0.3) is 0 Å². The molecule has 32 heavy (non-hydrogen) atoms. The molecule has 0 amide bonds. The zero-order chi connectivity index (χ0) is 22.3. The van der Waals surface area contributed by atoms with Crippen LogP contribution in [0.25, 0.3) is 0 Å². The fourth-order valence-corrected chi connectivity index (χ4v) is 4.68. The predicted octanol–water partition coefficient (Wildman–Crippen LogP) is 7.03. The van der Waals surface area contributed by atoms with Gasteiger partial charge in [-0.25, -0.2) is 0 Å². The van der Waals surface area contributed by atoms with Gasteiger partial charge in [0, 0.05) is 11.1 Å². The molecule has 1 aliphatic heterocycles. The third-order valence-corrected chi connectivity index (χ3v) is 6.61. The minimum atomic E-state index is 0.124. The minimum absolute atomic E-state index is 0.124. The quantitative estimate of drug-likeness (QED) is 0.368. The van der Waals surface area contributed by atoms with Crippen molar-refractivity contribution in [2.24, 2.45) is 0 Å². The average molecular weight is 450 g/mol. The van der Waals surface area contributed by atoms with Gasteiger partial charge in [-0.1, -0.05) is 66.2 Å². The van der Waals surface area contributed by atoms with E-state index in [0.29, 0.717) is 19.3 Å². The molecule has 4 rings (SSSR count). The normalized spacial score (nSPS) is 19.1. The van der Waals surface area contributed by atoms with Crippen LogP contribution >= 0.6 is 11.6 Å². The van der Waals surface area contributed by atoms with Crippen molar-refractivity contribution in [1.82, 2.24) is 4.90 Å². The Morgan fingerprint density at radius 2 is 1.72 bits per heavy atom. The molecule has 0 bridgehead atoms. The molecule has 0 aliphatic carbocycles. The second kappa shape index (κ2) is 11.0. The third-order valence-electron chi connectivity index (χ3n) is 6.24. The standard InChI is InChI=1S/C28H32ClNO2/c1-3-31-25-15-12-21(13-16-25)18-24-19-23(14-17-26(24)29)27-10-7-11-28(30(27)2)32-20-22-8-5-4-6-9-22/h4-6,8-9,12-17,19,27-28H,3,7,10-11,18,20H2,1-2H3. The summed E-state index contributed by atoms with van der Waals surface area (Å²) in [7, 11) is 2.18. The lowest BCUT2D eigenvalue weighted by molar-refractivity contribution is -0.0989. The molecule has 0 aromatic heterocycles. The smallest absolute Gasteiger partial charge is 0.119 e. The molecular formula is C28H32ClNO2. The summed E-state index contributed by atoms with van der Waals surface area (Å²) >= 11 is 6.59. The average Bonchev–Trinajstić information content (AvgIpc) is 2.82. The van der Waals surface area contributed by atoms with Crippen LogP contribution in [0.5, 0.6) is 5.75 Å². The predicted molar refractivity (Wildman–Crippen MR) is 131 cm³/mol. The van der Waals surface area contributed by atoms with Crippen LogP contribution in [-0.4, -0.2) is 24.8 Å². The molecule has 3 aromatic rings. The molecular weight excluding hydrogens is 418 g/mol. The van der Waals surface area contributed by atoms with E-state index in [1.165, 1.54) is 16.7 Å². The third kappa shape index (κ3) is 5.72. The summed E-state index contributed by atoms with van der Waals surface area (Å²) in [4.78, 5) is 2.39. The van der Waals surface area contributed by atoms with Crippen molar-refractivity contribution in [1.29, 1.82) is 0 Å². The maximum Gasteiger partial charge on any atom is 0.119 e. The van der Waals surface area contributed by atoms with Crippen LogP contribution in [0.2, 0.25) is 5.02 Å². The SMILES string of the molecule is CCOc1ccc(Cc2cc(C3CCCC(OCc4ccccc4)N3C)ccc2Cl)cc1. The Balaban J connectivity index is 1.45. The van der Waals surface area contributed by atoms with E-state index < -0.39 is 0 Å². The Morgan fingerprint density at radius 1 is 0.938 bits per heavy atom. The molecule has 0 saturated carbocycles. The molecule has 3 aromatic carbocycles. The topological polar surface area (TPSA) is 21.7 Å². The van der Waals surface area contributed by atoms with E-state index in [-0.39, 0.29) is 6.23 Å². The van der Waals surface area contributed by atoms with Crippen molar-refractivity contribution in [2.75, 3.05) is 13.7 Å². The van der Waals surface area contributed by atoms with E-state index >= 15 is 0 Å². The molecule has 1 aliphatic rings. The summed E-state index contributed by atoms with van der Waals surface area (Å²) in [6.45, 7) is 3.32. The lowest BCUT2D eigenvalue weighted by Crippen LogP contribution is -2.40. The first-order valence-electron chi connectivity index (χ1n) is 11.5. The van der Waals surface area contributed by atoms with Crippen LogP contribution in [0, 0.1) is 0 Å². The zero-order valence-corrected chi connectivity index (χ0v) is 19.7. The minimum Gasteiger partial charge on any atom is -0.494 e. The first-order chi connectivity index (χ1) is 15.6. The van der Waals surface area contributed by atoms with Gasteiger partial charge in [0.1, 0.15) is 12.0 Å². The second-order valence-corrected chi connectivity index (χ2v) is 8.88. The number of rotatable bonds is 8. The number of halogens is 1.